The van der Waals surface area contributed by atoms with E-state index < -0.39 is 0 Å². The first-order chi connectivity index (χ1) is 7.34. The molecule has 1 saturated carbocycles. The molecule has 0 spiro atoms. The van der Waals surface area contributed by atoms with Crippen molar-refractivity contribution in [2.75, 3.05) is 0 Å². The second-order valence-corrected chi connectivity index (χ2v) is 4.16. The molecular formula is C11H13N3O. The van der Waals surface area contributed by atoms with E-state index in [0.717, 1.165) is 11.3 Å². The summed E-state index contributed by atoms with van der Waals surface area (Å²) in [4.78, 5) is 16.2. The molecule has 3 rings (SSSR count). The van der Waals surface area contributed by atoms with Gasteiger partial charge in [-0.2, -0.15) is 0 Å². The van der Waals surface area contributed by atoms with Crippen molar-refractivity contribution in [1.82, 2.24) is 14.6 Å². The average molecular weight is 203 g/mol. The Morgan fingerprint density at radius 3 is 3.00 bits per heavy atom. The highest BCUT2D eigenvalue weighted by Gasteiger charge is 2.19. The second-order valence-electron chi connectivity index (χ2n) is 4.16. The smallest absolute Gasteiger partial charge is 0.272 e. The summed E-state index contributed by atoms with van der Waals surface area (Å²) in [6.45, 7) is 0. The van der Waals surface area contributed by atoms with Gasteiger partial charge in [0.15, 0.2) is 5.65 Å². The van der Waals surface area contributed by atoms with Gasteiger partial charge in [0.05, 0.1) is 5.69 Å². The van der Waals surface area contributed by atoms with Crippen LogP contribution in [0.15, 0.2) is 23.1 Å². The molecule has 78 valence electrons. The average Bonchev–Trinajstić information content (AvgIpc) is 2.88. The van der Waals surface area contributed by atoms with Crippen molar-refractivity contribution in [3.63, 3.8) is 0 Å². The number of fused-ring (bicyclic) bond motifs is 1. The Morgan fingerprint density at radius 1 is 1.40 bits per heavy atom. The maximum absolute atomic E-state index is 11.7. The number of hydrogen-bond acceptors (Lipinski definition) is 2. The summed E-state index contributed by atoms with van der Waals surface area (Å²) < 4.78 is 1.47. The van der Waals surface area contributed by atoms with Crippen molar-refractivity contribution in [2.24, 2.45) is 0 Å². The Hall–Kier alpha value is -1.58. The fourth-order valence-corrected chi connectivity index (χ4v) is 2.38. The van der Waals surface area contributed by atoms with E-state index in [2.05, 4.69) is 10.1 Å². The number of aromatic amines is 1. The Morgan fingerprint density at radius 2 is 2.20 bits per heavy atom. The fourth-order valence-electron chi connectivity index (χ4n) is 2.38. The standard InChI is InChI=1S/C11H13N3O/c15-11-7-9(8-3-1-2-4-8)13-10-5-6-12-14(10)11/h5-8,12H,1-4H2. The first kappa shape index (κ1) is 8.71. The molecule has 2 aromatic rings. The molecular weight excluding hydrogens is 190 g/mol. The van der Waals surface area contributed by atoms with E-state index in [-0.39, 0.29) is 5.56 Å². The molecule has 1 N–H and O–H groups in total. The molecule has 0 saturated heterocycles. The van der Waals surface area contributed by atoms with Gasteiger partial charge in [-0.05, 0) is 12.8 Å². The molecule has 0 unspecified atom stereocenters. The second kappa shape index (κ2) is 3.22. The molecule has 2 aromatic heterocycles. The van der Waals surface area contributed by atoms with Crippen molar-refractivity contribution >= 4 is 5.65 Å². The van der Waals surface area contributed by atoms with Crippen molar-refractivity contribution in [3.05, 3.63) is 34.4 Å². The number of rotatable bonds is 1. The largest absolute Gasteiger partial charge is 0.297 e. The Bertz CT molecular complexity index is 534. The minimum atomic E-state index is -0.00750. The van der Waals surface area contributed by atoms with Gasteiger partial charge >= 0.3 is 0 Å². The molecule has 0 radical (unpaired) electrons. The van der Waals surface area contributed by atoms with Gasteiger partial charge < -0.3 is 0 Å². The van der Waals surface area contributed by atoms with Crippen LogP contribution < -0.4 is 5.56 Å². The van der Waals surface area contributed by atoms with Crippen LogP contribution >= 0.6 is 0 Å². The van der Waals surface area contributed by atoms with Gasteiger partial charge in [0.25, 0.3) is 5.56 Å². The van der Waals surface area contributed by atoms with Crippen molar-refractivity contribution < 1.29 is 0 Å². The minimum Gasteiger partial charge on any atom is -0.297 e. The van der Waals surface area contributed by atoms with Crippen molar-refractivity contribution in [3.8, 4) is 0 Å². The number of H-pyrrole nitrogens is 1. The lowest BCUT2D eigenvalue weighted by Gasteiger charge is -2.07. The number of nitrogens with one attached hydrogen (secondary N) is 1. The zero-order valence-corrected chi connectivity index (χ0v) is 8.44. The lowest BCUT2D eigenvalue weighted by Crippen LogP contribution is -2.16. The molecule has 1 aliphatic carbocycles. The van der Waals surface area contributed by atoms with Crippen LogP contribution in [-0.4, -0.2) is 14.6 Å². The zero-order chi connectivity index (χ0) is 10.3. The maximum atomic E-state index is 11.7. The first-order valence-corrected chi connectivity index (χ1v) is 5.42. The predicted molar refractivity (Wildman–Crippen MR) is 57.0 cm³/mol. The highest BCUT2D eigenvalue weighted by molar-refractivity contribution is 5.37. The first-order valence-electron chi connectivity index (χ1n) is 5.42. The van der Waals surface area contributed by atoms with E-state index in [9.17, 15) is 4.79 Å². The van der Waals surface area contributed by atoms with E-state index in [1.807, 2.05) is 6.07 Å². The van der Waals surface area contributed by atoms with Crippen LogP contribution in [0, 0.1) is 0 Å². The quantitative estimate of drug-likeness (QED) is 0.766. The highest BCUT2D eigenvalue weighted by Crippen LogP contribution is 2.32. The van der Waals surface area contributed by atoms with E-state index in [1.54, 1.807) is 12.3 Å². The molecule has 4 nitrogen and oxygen atoms in total. The van der Waals surface area contributed by atoms with Crippen molar-refractivity contribution in [1.29, 1.82) is 0 Å². The molecule has 0 aromatic carbocycles. The van der Waals surface area contributed by atoms with Crippen LogP contribution in [0.3, 0.4) is 0 Å². The third kappa shape index (κ3) is 1.37. The number of hydrogen-bond donors (Lipinski definition) is 1. The number of aromatic nitrogens is 3. The minimum absolute atomic E-state index is 0.00750. The van der Waals surface area contributed by atoms with E-state index in [4.69, 9.17) is 0 Å². The molecule has 0 aliphatic heterocycles. The van der Waals surface area contributed by atoms with Gasteiger partial charge in [0.1, 0.15) is 0 Å². The summed E-state index contributed by atoms with van der Waals surface area (Å²) in [7, 11) is 0. The summed E-state index contributed by atoms with van der Waals surface area (Å²) in [6, 6.07) is 3.50. The van der Waals surface area contributed by atoms with Crippen molar-refractivity contribution in [2.45, 2.75) is 31.6 Å². The molecule has 1 fully saturated rings. The van der Waals surface area contributed by atoms with Crippen LogP contribution in [0.25, 0.3) is 5.65 Å². The van der Waals surface area contributed by atoms with Crippen LogP contribution in [0.1, 0.15) is 37.3 Å². The predicted octanol–water partition coefficient (Wildman–Crippen LogP) is 1.68. The van der Waals surface area contributed by atoms with Gasteiger partial charge in [-0.25, -0.2) is 9.50 Å². The molecule has 0 bridgehead atoms. The summed E-state index contributed by atoms with van der Waals surface area (Å²) in [5, 5.41) is 2.85. The third-order valence-electron chi connectivity index (χ3n) is 3.17. The lowest BCUT2D eigenvalue weighted by molar-refractivity contribution is 0.691. The van der Waals surface area contributed by atoms with Crippen LogP contribution in [-0.2, 0) is 0 Å². The van der Waals surface area contributed by atoms with Gasteiger partial charge in [-0.1, -0.05) is 12.8 Å². The summed E-state index contributed by atoms with van der Waals surface area (Å²) in [5.74, 6) is 0.498. The summed E-state index contributed by atoms with van der Waals surface area (Å²) >= 11 is 0. The summed E-state index contributed by atoms with van der Waals surface area (Å²) in [5.41, 5.74) is 1.69. The Kier molecular flexibility index (Phi) is 1.87. The van der Waals surface area contributed by atoms with E-state index in [1.165, 1.54) is 30.2 Å². The number of nitrogens with zero attached hydrogens (tertiary/aromatic N) is 2. The normalized spacial score (nSPS) is 17.6. The van der Waals surface area contributed by atoms with Gasteiger partial charge in [0.2, 0.25) is 0 Å². The molecule has 0 atom stereocenters. The highest BCUT2D eigenvalue weighted by atomic mass is 16.1. The van der Waals surface area contributed by atoms with Crippen LogP contribution in [0.4, 0.5) is 0 Å². The molecule has 15 heavy (non-hydrogen) atoms. The third-order valence-corrected chi connectivity index (χ3v) is 3.17. The molecule has 1 aliphatic rings. The fraction of sp³-hybridized carbons (Fsp3) is 0.455. The molecule has 4 heteroatoms. The maximum Gasteiger partial charge on any atom is 0.272 e. The van der Waals surface area contributed by atoms with Crippen LogP contribution in [0.5, 0.6) is 0 Å². The SMILES string of the molecule is O=c1cc(C2CCCC2)nc2cc[nH]n12. The molecule has 0 amide bonds. The lowest BCUT2D eigenvalue weighted by atomic mass is 10.0. The Labute approximate surface area is 86.9 Å². The zero-order valence-electron chi connectivity index (χ0n) is 8.44. The van der Waals surface area contributed by atoms with Crippen LogP contribution in [0.2, 0.25) is 0 Å². The molecule has 2 heterocycles. The van der Waals surface area contributed by atoms with Gasteiger partial charge in [-0.3, -0.25) is 9.89 Å². The van der Waals surface area contributed by atoms with Gasteiger partial charge in [0, 0.05) is 24.2 Å². The van der Waals surface area contributed by atoms with Gasteiger partial charge in [-0.15, -0.1) is 0 Å². The topological polar surface area (TPSA) is 50.2 Å². The van der Waals surface area contributed by atoms with E-state index >= 15 is 0 Å². The summed E-state index contributed by atoms with van der Waals surface area (Å²) in [6.07, 6.45) is 6.61. The Balaban J connectivity index is 2.15. The van der Waals surface area contributed by atoms with E-state index in [0.29, 0.717) is 5.92 Å². The monoisotopic (exact) mass is 203 g/mol.